The minimum atomic E-state index is -2.61. The quantitative estimate of drug-likeness (QED) is 0.180. The molecule has 11 nitrogen and oxygen atoms in total. The first kappa shape index (κ1) is 36.4. The van der Waals surface area contributed by atoms with E-state index in [-0.39, 0.29) is 48.5 Å². The summed E-state index contributed by atoms with van der Waals surface area (Å²) in [6.45, 7) is 3.41. The number of nitrogens with zero attached hydrogens (tertiary/aromatic N) is 1. The van der Waals surface area contributed by atoms with Gasteiger partial charge < -0.3 is 31.1 Å². The molecule has 1 heterocycles. The molecule has 0 aromatic heterocycles. The van der Waals surface area contributed by atoms with Crippen LogP contribution in [0.25, 0.3) is 5.57 Å². The first-order chi connectivity index (χ1) is 24.0. The van der Waals surface area contributed by atoms with Crippen LogP contribution in [0, 0.1) is 0 Å². The number of benzene rings is 3. The fraction of sp³-hybridized carbons (Fsp3) is 0.316. The number of aliphatic hydroxyl groups excluding tert-OH is 2. The minimum Gasteiger partial charge on any atom is -0.394 e. The maximum atomic E-state index is 14.1. The number of nitrogens with one attached hydrogen (secondary N) is 3. The van der Waals surface area contributed by atoms with Crippen LogP contribution in [0.2, 0.25) is 0 Å². The van der Waals surface area contributed by atoms with Crippen molar-refractivity contribution in [3.8, 4) is 0 Å². The normalized spacial score (nSPS) is 16.8. The molecule has 3 aromatic carbocycles. The Hall–Kier alpha value is -4.88. The number of aryl methyl sites for hydroxylation is 1. The monoisotopic (exact) mass is 698 g/mol. The Morgan fingerprint density at radius 1 is 0.980 bits per heavy atom. The average molecular weight is 699 g/mol. The van der Waals surface area contributed by atoms with Crippen LogP contribution in [-0.2, 0) is 26.3 Å². The largest absolute Gasteiger partial charge is 0.394 e. The topological polar surface area (TPSA) is 165 Å². The Balaban J connectivity index is 1.39. The summed E-state index contributed by atoms with van der Waals surface area (Å²) in [5.41, 5.74) is 3.53. The van der Waals surface area contributed by atoms with Crippen molar-refractivity contribution in [2.45, 2.75) is 57.2 Å². The summed E-state index contributed by atoms with van der Waals surface area (Å²) < 4.78 is 25.4. The van der Waals surface area contributed by atoms with Crippen molar-refractivity contribution >= 4 is 49.8 Å². The number of hydrogen-bond acceptors (Lipinski definition) is 8. The molecule has 1 aliphatic carbocycles. The lowest BCUT2D eigenvalue weighted by atomic mass is 9.91. The Morgan fingerprint density at radius 2 is 1.68 bits per heavy atom. The lowest BCUT2D eigenvalue weighted by molar-refractivity contribution is -0.128. The predicted molar refractivity (Wildman–Crippen MR) is 194 cm³/mol. The SMILES string of the molecule is CC(C)(CC(=O)N[C@@H]1CCc2ccccc2N(CC2=CC=C(c3ccccc3NC(=O)c3ccccc3)C(=S(=O)=O)C2)C1=O)NC[C@H](O)CO. The van der Waals surface area contributed by atoms with Gasteiger partial charge in [0.2, 0.25) is 22.1 Å². The van der Waals surface area contributed by atoms with Crippen LogP contribution < -0.4 is 20.9 Å². The molecule has 50 heavy (non-hydrogen) atoms. The van der Waals surface area contributed by atoms with Crippen molar-refractivity contribution in [1.82, 2.24) is 10.6 Å². The first-order valence-corrected chi connectivity index (χ1v) is 17.6. The maximum Gasteiger partial charge on any atom is 0.255 e. The lowest BCUT2D eigenvalue weighted by Crippen LogP contribution is -2.52. The van der Waals surface area contributed by atoms with Crippen molar-refractivity contribution in [2.75, 3.05) is 29.9 Å². The zero-order valence-electron chi connectivity index (χ0n) is 28.1. The Bertz CT molecular complexity index is 1950. The highest BCUT2D eigenvalue weighted by Crippen LogP contribution is 2.33. The maximum absolute atomic E-state index is 14.1. The van der Waals surface area contributed by atoms with E-state index in [9.17, 15) is 27.9 Å². The third kappa shape index (κ3) is 9.01. The van der Waals surface area contributed by atoms with E-state index in [4.69, 9.17) is 5.11 Å². The first-order valence-electron chi connectivity index (χ1n) is 16.5. The molecule has 0 bridgehead atoms. The average Bonchev–Trinajstić information content (AvgIpc) is 3.23. The predicted octanol–water partition coefficient (Wildman–Crippen LogP) is 3.28. The van der Waals surface area contributed by atoms with Crippen molar-refractivity contribution in [3.05, 3.63) is 113 Å². The Kier molecular flexibility index (Phi) is 11.8. The van der Waals surface area contributed by atoms with Crippen molar-refractivity contribution in [1.29, 1.82) is 0 Å². The summed E-state index contributed by atoms with van der Waals surface area (Å²) in [5.74, 6) is -0.972. The molecule has 0 spiro atoms. The molecule has 262 valence electrons. The molecule has 0 fully saturated rings. The number of para-hydroxylation sites is 2. The van der Waals surface area contributed by atoms with Crippen molar-refractivity contribution in [2.24, 2.45) is 0 Å². The summed E-state index contributed by atoms with van der Waals surface area (Å²) in [5, 5.41) is 27.7. The van der Waals surface area contributed by atoms with E-state index in [1.54, 1.807) is 73.4 Å². The number of carbonyl (C=O) groups excluding carboxylic acids is 3. The summed E-state index contributed by atoms with van der Waals surface area (Å²) in [6, 6.07) is 22.5. The number of β-amino-alcohol motifs (C(OH)–C–C–N with tert-alkyl or cyclic N) is 1. The van der Waals surface area contributed by atoms with Gasteiger partial charge in [0.15, 0.2) is 0 Å². The van der Waals surface area contributed by atoms with Gasteiger partial charge in [0.25, 0.3) is 5.91 Å². The zero-order chi connectivity index (χ0) is 35.8. The van der Waals surface area contributed by atoms with E-state index in [0.29, 0.717) is 46.5 Å². The summed E-state index contributed by atoms with van der Waals surface area (Å²) in [4.78, 5) is 42.0. The van der Waals surface area contributed by atoms with E-state index in [2.05, 4.69) is 16.0 Å². The van der Waals surface area contributed by atoms with Crippen LogP contribution in [0.4, 0.5) is 11.4 Å². The molecular weight excluding hydrogens is 657 g/mol. The molecule has 3 amide bonds. The summed E-state index contributed by atoms with van der Waals surface area (Å²) >= 11 is 0. The van der Waals surface area contributed by atoms with Gasteiger partial charge in [-0.3, -0.25) is 14.4 Å². The number of hydrogen-bond donors (Lipinski definition) is 5. The van der Waals surface area contributed by atoms with E-state index in [1.165, 1.54) is 0 Å². The molecule has 0 radical (unpaired) electrons. The van der Waals surface area contributed by atoms with Gasteiger partial charge in [0, 0.05) is 59.5 Å². The summed E-state index contributed by atoms with van der Waals surface area (Å²) in [6.07, 6.45) is 3.56. The van der Waals surface area contributed by atoms with E-state index >= 15 is 0 Å². The number of carbonyl (C=O) groups is 3. The molecule has 2 atom stereocenters. The third-order valence-corrected chi connectivity index (χ3v) is 9.52. The van der Waals surface area contributed by atoms with Crippen LogP contribution in [-0.4, -0.2) is 78.6 Å². The Labute approximate surface area is 293 Å². The number of amides is 3. The second-order valence-corrected chi connectivity index (χ2v) is 14.1. The number of anilines is 2. The van der Waals surface area contributed by atoms with E-state index in [1.807, 2.05) is 36.4 Å². The lowest BCUT2D eigenvalue weighted by Gasteiger charge is -2.30. The third-order valence-electron chi connectivity index (χ3n) is 8.75. The molecule has 3 aromatic rings. The smallest absolute Gasteiger partial charge is 0.255 e. The fourth-order valence-electron chi connectivity index (χ4n) is 6.15. The number of allylic oxidation sites excluding steroid dienone is 3. The zero-order valence-corrected chi connectivity index (χ0v) is 28.9. The van der Waals surface area contributed by atoms with Crippen LogP contribution in [0.1, 0.15) is 54.6 Å². The van der Waals surface area contributed by atoms with Gasteiger partial charge in [0.05, 0.1) is 17.6 Å². The standard InChI is InChI=1S/C38H42N4O7S/c1-38(2,39-22-28(44)24-43)21-35(45)40-32-19-17-26-10-6-9-15-33(26)42(37(32)47)23-25-16-18-30(34(20-25)50(48)49)29-13-7-8-14-31(29)41-36(46)27-11-4-3-5-12-27/h3-16,18,28,32,39,43-44H,17,19-24H2,1-2H3,(H,40,45)(H,41,46)/t28-,32+/m0/s1. The number of aliphatic hydroxyl groups is 2. The minimum absolute atomic E-state index is 0.0293. The molecule has 12 heteroatoms. The van der Waals surface area contributed by atoms with Crippen LogP contribution in [0.15, 0.2) is 96.6 Å². The molecular formula is C38H42N4O7S. The van der Waals surface area contributed by atoms with Gasteiger partial charge in [-0.05, 0) is 62.1 Å². The second kappa shape index (κ2) is 16.2. The number of fused-ring (bicyclic) bond motifs is 1. The van der Waals surface area contributed by atoms with E-state index < -0.39 is 34.6 Å². The fourth-order valence-corrected chi connectivity index (χ4v) is 6.81. The van der Waals surface area contributed by atoms with Gasteiger partial charge in [-0.25, -0.2) is 0 Å². The van der Waals surface area contributed by atoms with Gasteiger partial charge in [-0.2, -0.15) is 8.42 Å². The van der Waals surface area contributed by atoms with Crippen LogP contribution in [0.5, 0.6) is 0 Å². The molecule has 1 aliphatic heterocycles. The van der Waals surface area contributed by atoms with Crippen LogP contribution in [0.3, 0.4) is 0 Å². The molecule has 5 N–H and O–H groups in total. The van der Waals surface area contributed by atoms with Crippen LogP contribution >= 0.6 is 0 Å². The number of rotatable bonds is 12. The van der Waals surface area contributed by atoms with E-state index in [0.717, 1.165) is 5.56 Å². The van der Waals surface area contributed by atoms with Crippen molar-refractivity contribution < 1.29 is 33.0 Å². The molecule has 0 unspecified atom stereocenters. The summed E-state index contributed by atoms with van der Waals surface area (Å²) in [7, 11) is -2.61. The van der Waals surface area contributed by atoms with Gasteiger partial charge in [0.1, 0.15) is 6.04 Å². The molecule has 0 saturated heterocycles. The van der Waals surface area contributed by atoms with Gasteiger partial charge in [-0.15, -0.1) is 0 Å². The van der Waals surface area contributed by atoms with Gasteiger partial charge >= 0.3 is 0 Å². The highest BCUT2D eigenvalue weighted by Gasteiger charge is 2.34. The molecule has 2 aliphatic rings. The molecule has 5 rings (SSSR count). The highest BCUT2D eigenvalue weighted by molar-refractivity contribution is 7.74. The molecule has 0 saturated carbocycles. The Morgan fingerprint density at radius 3 is 2.42 bits per heavy atom. The highest BCUT2D eigenvalue weighted by atomic mass is 32.2. The second-order valence-electron chi connectivity index (χ2n) is 13.1. The van der Waals surface area contributed by atoms with Gasteiger partial charge in [-0.1, -0.05) is 66.7 Å². The van der Waals surface area contributed by atoms with Crippen molar-refractivity contribution in [3.63, 3.8) is 0 Å².